The molecule has 0 fully saturated rings. The van der Waals surface area contributed by atoms with E-state index in [0.29, 0.717) is 36.2 Å². The third-order valence-corrected chi connectivity index (χ3v) is 6.63. The topological polar surface area (TPSA) is 136 Å². The number of rotatable bonds is 3. The third kappa shape index (κ3) is 4.01. The van der Waals surface area contributed by atoms with Crippen molar-refractivity contribution in [2.45, 2.75) is 26.5 Å². The molecule has 1 aromatic carbocycles. The molecule has 1 aliphatic rings. The number of aryl methyl sites for hydroxylation is 1. The van der Waals surface area contributed by atoms with Crippen LogP contribution in [0.1, 0.15) is 29.7 Å². The van der Waals surface area contributed by atoms with Crippen LogP contribution >= 0.6 is 22.9 Å². The Morgan fingerprint density at radius 2 is 2.00 bits per heavy atom. The van der Waals surface area contributed by atoms with Gasteiger partial charge in [0.2, 0.25) is 5.95 Å². The lowest BCUT2D eigenvalue weighted by molar-refractivity contribution is 0.199. The maximum absolute atomic E-state index is 10.3. The molecular weight excluding hydrogens is 462 g/mol. The average Bonchev–Trinajstić information content (AvgIpc) is 2.98. The number of nitrogen functional groups attached to an aromatic ring is 2. The van der Waals surface area contributed by atoms with Gasteiger partial charge in [-0.25, -0.2) is 15.0 Å². The summed E-state index contributed by atoms with van der Waals surface area (Å²) in [5, 5.41) is 11.0. The van der Waals surface area contributed by atoms with Gasteiger partial charge in [-0.1, -0.05) is 22.9 Å². The Morgan fingerprint density at radius 3 is 2.79 bits per heavy atom. The van der Waals surface area contributed by atoms with Crippen molar-refractivity contribution in [1.82, 2.24) is 19.9 Å². The van der Waals surface area contributed by atoms with Crippen LogP contribution < -0.4 is 21.1 Å². The highest BCUT2D eigenvalue weighted by atomic mass is 35.5. The Labute approximate surface area is 199 Å². The van der Waals surface area contributed by atoms with Gasteiger partial charge in [-0.05, 0) is 43.2 Å². The predicted molar refractivity (Wildman–Crippen MR) is 131 cm³/mol. The lowest BCUT2D eigenvalue weighted by Gasteiger charge is -2.25. The van der Waals surface area contributed by atoms with Crippen LogP contribution in [0.3, 0.4) is 0 Å². The number of benzene rings is 1. The first-order valence-electron chi connectivity index (χ1n) is 10.3. The molecule has 3 aromatic heterocycles. The molecule has 9 nitrogen and oxygen atoms in total. The van der Waals surface area contributed by atoms with E-state index in [9.17, 15) is 5.11 Å². The Bertz CT molecular complexity index is 1370. The van der Waals surface area contributed by atoms with E-state index in [1.165, 1.54) is 11.3 Å². The fourth-order valence-electron chi connectivity index (χ4n) is 4.11. The highest BCUT2D eigenvalue weighted by Gasteiger charge is 2.25. The van der Waals surface area contributed by atoms with Crippen LogP contribution in [0.5, 0.6) is 5.75 Å². The van der Waals surface area contributed by atoms with E-state index in [4.69, 9.17) is 27.8 Å². The molecule has 0 aliphatic carbocycles. The van der Waals surface area contributed by atoms with E-state index in [-0.39, 0.29) is 11.1 Å². The molecule has 1 atom stereocenters. The van der Waals surface area contributed by atoms with Crippen molar-refractivity contribution in [3.05, 3.63) is 46.2 Å². The summed E-state index contributed by atoms with van der Waals surface area (Å²) in [5.41, 5.74) is 16.8. The van der Waals surface area contributed by atoms with Crippen LogP contribution in [-0.2, 0) is 6.54 Å². The molecule has 0 saturated carbocycles. The zero-order valence-corrected chi connectivity index (χ0v) is 19.6. The number of nitrogens with two attached hydrogens (primary N) is 2. The van der Waals surface area contributed by atoms with Gasteiger partial charge < -0.3 is 26.2 Å². The number of halogens is 1. The first-order valence-corrected chi connectivity index (χ1v) is 11.5. The maximum Gasteiger partial charge on any atom is 0.223 e. The second-order valence-electron chi connectivity index (χ2n) is 7.94. The number of anilines is 3. The van der Waals surface area contributed by atoms with Crippen molar-refractivity contribution < 1.29 is 9.84 Å². The summed E-state index contributed by atoms with van der Waals surface area (Å²) in [6, 6.07) is 6.14. The third-order valence-electron chi connectivity index (χ3n) is 5.53. The molecule has 0 amide bonds. The van der Waals surface area contributed by atoms with Gasteiger partial charge >= 0.3 is 0 Å². The fourth-order valence-corrected chi connectivity index (χ4v) is 5.09. The van der Waals surface area contributed by atoms with Gasteiger partial charge in [-0.15, -0.1) is 0 Å². The van der Waals surface area contributed by atoms with Crippen molar-refractivity contribution in [1.29, 1.82) is 0 Å². The average molecular weight is 484 g/mol. The number of thiazole rings is 1. The number of hydrogen-bond acceptors (Lipinski definition) is 10. The quantitative estimate of drug-likeness (QED) is 0.372. The lowest BCUT2D eigenvalue weighted by Crippen LogP contribution is -2.28. The van der Waals surface area contributed by atoms with Gasteiger partial charge in [-0.2, -0.15) is 4.98 Å². The van der Waals surface area contributed by atoms with E-state index in [2.05, 4.69) is 32.1 Å². The number of aliphatic hydroxyl groups excluding tert-OH is 1. The Hall–Kier alpha value is -3.21. The first kappa shape index (κ1) is 21.6. The summed E-state index contributed by atoms with van der Waals surface area (Å²) >= 11 is 7.66. The van der Waals surface area contributed by atoms with Crippen molar-refractivity contribution in [3.8, 4) is 16.9 Å². The standard InChI is InChI=1S/C22H22ClN7O2S/c1-10-5-12(13-7-15-20(26-8-13)33-22(25)27-15)6-14-9-30(3-4-32-17(10)14)19-16(11(2)31)18(23)28-21(24)29-19/h5-8,11,31H,3-4,9H2,1-2H3,(H2,25,27)(H2,24,28,29). The Kier molecular flexibility index (Phi) is 5.43. The number of ether oxygens (including phenoxy) is 1. The van der Waals surface area contributed by atoms with Gasteiger partial charge in [0, 0.05) is 23.9 Å². The van der Waals surface area contributed by atoms with Crippen molar-refractivity contribution >= 4 is 50.2 Å². The van der Waals surface area contributed by atoms with Crippen LogP contribution in [0.2, 0.25) is 5.15 Å². The van der Waals surface area contributed by atoms with Crippen LogP contribution in [0.4, 0.5) is 16.9 Å². The number of fused-ring (bicyclic) bond motifs is 2. The molecule has 0 saturated heterocycles. The van der Waals surface area contributed by atoms with E-state index in [1.807, 2.05) is 24.1 Å². The summed E-state index contributed by atoms with van der Waals surface area (Å²) in [6.07, 6.45) is 0.973. The molecule has 33 heavy (non-hydrogen) atoms. The van der Waals surface area contributed by atoms with Crippen LogP contribution in [0.25, 0.3) is 21.5 Å². The van der Waals surface area contributed by atoms with Crippen molar-refractivity contribution in [2.24, 2.45) is 0 Å². The minimum atomic E-state index is -0.854. The normalized spacial score (nSPS) is 14.6. The molecule has 4 aromatic rings. The monoisotopic (exact) mass is 483 g/mol. The van der Waals surface area contributed by atoms with Gasteiger partial charge in [0.1, 0.15) is 33.7 Å². The smallest absolute Gasteiger partial charge is 0.223 e. The van der Waals surface area contributed by atoms with E-state index < -0.39 is 6.10 Å². The fraction of sp³-hybridized carbons (Fsp3) is 0.273. The summed E-state index contributed by atoms with van der Waals surface area (Å²) in [7, 11) is 0. The number of aliphatic hydroxyl groups is 1. The van der Waals surface area contributed by atoms with E-state index in [0.717, 1.165) is 38.4 Å². The van der Waals surface area contributed by atoms with Crippen LogP contribution in [0, 0.1) is 6.92 Å². The Morgan fingerprint density at radius 1 is 1.18 bits per heavy atom. The molecule has 0 spiro atoms. The zero-order valence-electron chi connectivity index (χ0n) is 18.0. The summed E-state index contributed by atoms with van der Waals surface area (Å²) < 4.78 is 6.10. The molecule has 11 heteroatoms. The summed E-state index contributed by atoms with van der Waals surface area (Å²) in [6.45, 7) is 5.13. The first-order chi connectivity index (χ1) is 15.8. The second kappa shape index (κ2) is 8.29. The molecule has 0 radical (unpaired) electrons. The van der Waals surface area contributed by atoms with E-state index >= 15 is 0 Å². The largest absolute Gasteiger partial charge is 0.491 e. The van der Waals surface area contributed by atoms with Crippen molar-refractivity contribution in [2.75, 3.05) is 29.5 Å². The highest BCUT2D eigenvalue weighted by Crippen LogP contribution is 2.37. The lowest BCUT2D eigenvalue weighted by atomic mass is 9.99. The number of nitrogens with zero attached hydrogens (tertiary/aromatic N) is 5. The second-order valence-corrected chi connectivity index (χ2v) is 9.30. The molecule has 5 N–H and O–H groups in total. The minimum Gasteiger partial charge on any atom is -0.491 e. The van der Waals surface area contributed by atoms with E-state index in [1.54, 1.807) is 6.92 Å². The summed E-state index contributed by atoms with van der Waals surface area (Å²) in [4.78, 5) is 20.1. The molecule has 1 aliphatic heterocycles. The molecule has 4 heterocycles. The molecule has 1 unspecified atom stereocenters. The molecule has 170 valence electrons. The van der Waals surface area contributed by atoms with Gasteiger partial charge in [-0.3, -0.25) is 0 Å². The predicted octanol–water partition coefficient (Wildman–Crippen LogP) is 3.73. The molecule has 5 rings (SSSR count). The minimum absolute atomic E-state index is 0.0524. The van der Waals surface area contributed by atoms with Gasteiger partial charge in [0.15, 0.2) is 5.13 Å². The van der Waals surface area contributed by atoms with Crippen LogP contribution in [-0.4, -0.2) is 38.2 Å². The van der Waals surface area contributed by atoms with Crippen molar-refractivity contribution in [3.63, 3.8) is 0 Å². The van der Waals surface area contributed by atoms with Gasteiger partial charge in [0.05, 0.1) is 18.2 Å². The number of hydrogen-bond donors (Lipinski definition) is 3. The van der Waals surface area contributed by atoms with Crippen LogP contribution in [0.15, 0.2) is 24.4 Å². The molecule has 0 bridgehead atoms. The maximum atomic E-state index is 10.3. The number of aromatic nitrogens is 4. The zero-order chi connectivity index (χ0) is 23.3. The molecular formula is C22H22ClN7O2S. The SMILES string of the molecule is Cc1cc(-c2cnc3sc(N)nc3c2)cc2c1OCCN(c1nc(N)nc(Cl)c1C(C)O)C2. The summed E-state index contributed by atoms with van der Waals surface area (Å²) in [5.74, 6) is 1.39. The van der Waals surface area contributed by atoms with Gasteiger partial charge in [0.25, 0.3) is 0 Å². The highest BCUT2D eigenvalue weighted by molar-refractivity contribution is 7.21. The Balaban J connectivity index is 1.58. The number of pyridine rings is 1.